The molecule has 4 amide bonds. The first-order valence-corrected chi connectivity index (χ1v) is 34.2. The van der Waals surface area contributed by atoms with E-state index < -0.39 is 126 Å². The number of anilines is 4. The molecule has 8 rings (SSSR count). The Bertz CT molecular complexity index is 4420. The molecule has 0 fully saturated rings. The smallest absolute Gasteiger partial charge is 0.319 e. The maximum absolute atomic E-state index is 14.2. The van der Waals surface area contributed by atoms with E-state index in [1.54, 1.807) is 74.5 Å². The van der Waals surface area contributed by atoms with E-state index in [2.05, 4.69) is 59.8 Å². The molecule has 0 saturated heterocycles. The van der Waals surface area contributed by atoms with Crippen LogP contribution >= 0.6 is 101 Å². The molecule has 0 radical (unpaired) electrons. The van der Waals surface area contributed by atoms with Crippen LogP contribution in [0.2, 0.25) is 30.4 Å². The lowest BCUT2D eigenvalue weighted by molar-refractivity contribution is 0.0776. The number of benzene rings is 4. The molecule has 0 saturated carbocycles. The van der Waals surface area contributed by atoms with Crippen molar-refractivity contribution in [2.45, 2.75) is 67.5 Å². The van der Waals surface area contributed by atoms with Gasteiger partial charge in [0.2, 0.25) is 11.9 Å². The summed E-state index contributed by atoms with van der Waals surface area (Å²) >= 11 is 35.3. The molecule has 0 aliphatic carbocycles. The number of aromatic nitrogens is 8. The predicted molar refractivity (Wildman–Crippen MR) is 337 cm³/mol. The normalized spacial score (nSPS) is 12.2. The third-order valence-corrected chi connectivity index (χ3v) is 15.4. The molecule has 520 valence electrons. The van der Waals surface area contributed by atoms with Gasteiger partial charge in [0.1, 0.15) is 0 Å². The topological polar surface area (TPSA) is 455 Å². The summed E-state index contributed by atoms with van der Waals surface area (Å²) in [4.78, 5) is 118. The Labute approximate surface area is 568 Å². The Morgan fingerprint density at radius 2 is 0.760 bits per heavy atom. The highest BCUT2D eigenvalue weighted by Gasteiger charge is 2.30. The van der Waals surface area contributed by atoms with Crippen molar-refractivity contribution in [3.8, 4) is 0 Å². The van der Waals surface area contributed by atoms with E-state index in [9.17, 15) is 55.0 Å². The van der Waals surface area contributed by atoms with Crippen molar-refractivity contribution in [3.05, 3.63) is 184 Å². The highest BCUT2D eigenvalue weighted by atomic mass is 35.5. The monoisotopic (exact) mass is 1550 g/mol. The fourth-order valence-electron chi connectivity index (χ4n) is 7.13. The van der Waals surface area contributed by atoms with Gasteiger partial charge in [-0.05, 0) is 112 Å². The summed E-state index contributed by atoms with van der Waals surface area (Å²) in [6.07, 6.45) is -2.82. The second-order valence-corrected chi connectivity index (χ2v) is 26.3. The summed E-state index contributed by atoms with van der Waals surface area (Å²) in [6.45, 7) is 7.95. The van der Waals surface area contributed by atoms with Gasteiger partial charge in [0.25, 0.3) is 23.6 Å². The lowest BCUT2D eigenvalue weighted by Crippen LogP contribution is -2.16. The fraction of sp³-hybridized carbons (Fsp3) is 0.200. The Morgan fingerprint density at radius 1 is 0.438 bits per heavy atom. The molecule has 32 nitrogen and oxygen atoms in total. The number of phosphoric ester groups is 4. The van der Waals surface area contributed by atoms with Crippen LogP contribution in [0.15, 0.2) is 84.9 Å². The summed E-state index contributed by atoms with van der Waals surface area (Å²) < 4.78 is 118. The second kappa shape index (κ2) is 33.8. The first-order valence-electron chi connectivity index (χ1n) is 25.8. The minimum absolute atomic E-state index is 0.238. The molecular formula is C50H50Cl6F4N12O20P4. The molecule has 0 aliphatic rings. The van der Waals surface area contributed by atoms with Gasteiger partial charge < -0.3 is 60.4 Å². The van der Waals surface area contributed by atoms with Crippen molar-refractivity contribution in [2.75, 3.05) is 21.3 Å². The number of phosphoric acid groups is 4. The second-order valence-electron chi connectivity index (χ2n) is 19.1. The average molecular weight is 1550 g/mol. The first kappa shape index (κ1) is 80.2. The third kappa shape index (κ3) is 24.5. The Balaban J connectivity index is 0.000000232. The van der Waals surface area contributed by atoms with E-state index >= 15 is 0 Å². The number of rotatable bonds is 20. The molecule has 12 N–H and O–H groups in total. The van der Waals surface area contributed by atoms with Crippen LogP contribution in [0.25, 0.3) is 0 Å². The lowest BCUT2D eigenvalue weighted by atomic mass is 10.2. The molecule has 8 aromatic rings. The van der Waals surface area contributed by atoms with Gasteiger partial charge in [-0.1, -0.05) is 93.9 Å². The molecule has 96 heavy (non-hydrogen) atoms. The molecule has 0 aliphatic heterocycles. The number of aryl methyl sites for hydroxylation is 4. The van der Waals surface area contributed by atoms with E-state index in [1.807, 2.05) is 13.8 Å². The van der Waals surface area contributed by atoms with Crippen LogP contribution in [-0.4, -0.2) is 102 Å². The summed E-state index contributed by atoms with van der Waals surface area (Å²) in [7, 11) is -19.3. The zero-order chi connectivity index (χ0) is 72.3. The van der Waals surface area contributed by atoms with Crippen LogP contribution in [0.5, 0.6) is 0 Å². The molecule has 2 unspecified atom stereocenters. The van der Waals surface area contributed by atoms with E-state index in [1.165, 1.54) is 26.0 Å². The number of carbonyl (C=O) groups excluding carboxylic acids is 4. The van der Waals surface area contributed by atoms with E-state index in [0.717, 1.165) is 34.4 Å². The van der Waals surface area contributed by atoms with Gasteiger partial charge in [0, 0.05) is 12.1 Å². The van der Waals surface area contributed by atoms with Crippen molar-refractivity contribution in [3.63, 3.8) is 0 Å². The summed E-state index contributed by atoms with van der Waals surface area (Å²) in [6, 6.07) is 21.2. The van der Waals surface area contributed by atoms with E-state index in [-0.39, 0.29) is 32.8 Å². The summed E-state index contributed by atoms with van der Waals surface area (Å²) in [5.41, 5.74) is 2.70. The zero-order valence-corrected chi connectivity index (χ0v) is 57.4. The van der Waals surface area contributed by atoms with Crippen LogP contribution in [0.3, 0.4) is 0 Å². The highest BCUT2D eigenvalue weighted by molar-refractivity contribution is 7.47. The van der Waals surface area contributed by atoms with Crippen LogP contribution in [0.1, 0.15) is 90.5 Å². The first-order chi connectivity index (χ1) is 44.3. The van der Waals surface area contributed by atoms with Gasteiger partial charge in [-0.15, -0.1) is 0 Å². The number of hydrogen-bond donors (Lipinski definition) is 12. The standard InChI is InChI=1S/C13H13Cl2FN3O5P.C13H14ClFN3O5P.C12H11Cl2FN3O5P.C12H12ClFN3O5P/c1-6-3-4-9(8(14)5-6)17-13(20)11-10(16)12(15)19(18-11)7(2)24-25(21,22)23;1-7-3-4-10(9(14)5-7)16-13(19)11-6-12(15)18(17-11)8(2)23-24(20,21)22;1-6-2-3-8(7(13)4-6)16-12(19)10-9(15)11(14)18(17-10)5-23-24(20,21)22;1-7-2-3-9(8(13)4-7)15-12(18)10-5-11(14)17(16-10)6-22-23(19,20)21/h3-5,7H,1-2H3,(H,17,20)(H2,21,22,23);3-6,8H,1-2H3,(H,16,19)(H2,20,21,22);2-4H,5H2,1H3,(H,16,19)(H2,20,21,22);2-5H,6H2,1H3,(H,15,18)(H2,19,20,21). The maximum atomic E-state index is 14.2. The van der Waals surface area contributed by atoms with E-state index in [4.69, 9.17) is 109 Å². The predicted octanol–water partition coefficient (Wildman–Crippen LogP) is 11.6. The number of nitrogens with one attached hydrogen (secondary N) is 4. The molecule has 4 heterocycles. The van der Waals surface area contributed by atoms with E-state index in [0.29, 0.717) is 40.1 Å². The zero-order valence-electron chi connectivity index (χ0n) is 49.3. The Hall–Kier alpha value is -6.50. The van der Waals surface area contributed by atoms with Gasteiger partial charge in [-0.2, -0.15) is 29.2 Å². The summed E-state index contributed by atoms with van der Waals surface area (Å²) in [5.74, 6) is -7.64. The van der Waals surface area contributed by atoms with Crippen LogP contribution < -0.4 is 21.3 Å². The quantitative estimate of drug-likeness (QED) is 0.0249. The molecule has 4 aromatic carbocycles. The van der Waals surface area contributed by atoms with Gasteiger partial charge in [0.05, 0.1) is 42.8 Å². The molecule has 2 atom stereocenters. The third-order valence-electron chi connectivity index (χ3n) is 11.4. The number of halogens is 10. The van der Waals surface area contributed by atoms with Crippen LogP contribution in [-0.2, 0) is 49.8 Å². The molecular weight excluding hydrogens is 1500 g/mol. The number of hydrogen-bond acceptors (Lipinski definition) is 16. The SMILES string of the molecule is Cc1ccc(NC(=O)c2cc(F)n(C(C)OP(=O)(O)O)n2)c(Cl)c1.Cc1ccc(NC(=O)c2cc(F)n(COP(=O)(O)O)n2)c(Cl)c1.Cc1ccc(NC(=O)c2nn(C(C)OP(=O)(O)O)c(Cl)c2F)c(Cl)c1.Cc1ccc(NC(=O)c2nn(COP(=O)(O)O)c(Cl)c2F)c(Cl)c1. The molecule has 46 heteroatoms. The number of nitrogens with zero attached hydrogens (tertiary/aromatic N) is 8. The van der Waals surface area contributed by atoms with Crippen molar-refractivity contribution < 1.29 is 112 Å². The van der Waals surface area contributed by atoms with Crippen molar-refractivity contribution >= 4 is 147 Å². The average Bonchev–Trinajstić information content (AvgIpc) is 1.85. The van der Waals surface area contributed by atoms with Gasteiger partial charge in [0.15, 0.2) is 70.6 Å². The molecule has 0 bridgehead atoms. The van der Waals surface area contributed by atoms with Crippen LogP contribution in [0.4, 0.5) is 40.3 Å². The largest absolute Gasteiger partial charge is 0.471 e. The lowest BCUT2D eigenvalue weighted by Gasteiger charge is -2.14. The Kier molecular flexibility index (Phi) is 28.3. The Morgan fingerprint density at radius 3 is 1.12 bits per heavy atom. The fourth-order valence-corrected chi connectivity index (χ4v) is 10.2. The minimum Gasteiger partial charge on any atom is -0.319 e. The minimum atomic E-state index is -4.86. The highest BCUT2D eigenvalue weighted by Crippen LogP contribution is 2.43. The van der Waals surface area contributed by atoms with Gasteiger partial charge >= 0.3 is 31.3 Å². The van der Waals surface area contributed by atoms with Crippen molar-refractivity contribution in [1.29, 1.82) is 0 Å². The summed E-state index contributed by atoms with van der Waals surface area (Å²) in [5, 5.41) is 23.9. The number of amides is 4. The number of carbonyl (C=O) groups is 4. The maximum Gasteiger partial charge on any atom is 0.471 e. The van der Waals surface area contributed by atoms with Gasteiger partial charge in [-0.3, -0.25) is 37.3 Å². The van der Waals surface area contributed by atoms with Gasteiger partial charge in [-0.25, -0.2) is 45.8 Å². The van der Waals surface area contributed by atoms with Crippen molar-refractivity contribution in [1.82, 2.24) is 39.1 Å². The molecule has 0 spiro atoms. The molecule has 4 aromatic heterocycles. The van der Waals surface area contributed by atoms with Crippen molar-refractivity contribution in [2.24, 2.45) is 0 Å². The van der Waals surface area contributed by atoms with Crippen LogP contribution in [0, 0.1) is 51.2 Å².